The highest BCUT2D eigenvalue weighted by Crippen LogP contribution is 2.47. The number of aliphatic imine (C=N–C) groups is 1. The van der Waals surface area contributed by atoms with E-state index in [9.17, 15) is 18.0 Å². The second-order valence-electron chi connectivity index (χ2n) is 7.35. The molecule has 0 saturated carbocycles. The highest BCUT2D eigenvalue weighted by Gasteiger charge is 2.49. The molecule has 3 N–H and O–H groups in total. The van der Waals surface area contributed by atoms with Gasteiger partial charge in [0, 0.05) is 22.9 Å². The molecule has 2 aromatic rings. The normalized spacial score (nSPS) is 24.9. The van der Waals surface area contributed by atoms with Gasteiger partial charge >= 0.3 is 0 Å². The van der Waals surface area contributed by atoms with Crippen LogP contribution in [-0.4, -0.2) is 53.0 Å². The van der Waals surface area contributed by atoms with Crippen LogP contribution in [0.25, 0.3) is 0 Å². The van der Waals surface area contributed by atoms with Gasteiger partial charge in [-0.1, -0.05) is 11.8 Å². The molecule has 1 saturated heterocycles. The molecule has 8 nitrogen and oxygen atoms in total. The Kier molecular flexibility index (Phi) is 6.51. The summed E-state index contributed by atoms with van der Waals surface area (Å²) in [6.07, 6.45) is 2.05. The number of ether oxygens (including phenoxy) is 2. The summed E-state index contributed by atoms with van der Waals surface area (Å²) >= 11 is 1.34. The van der Waals surface area contributed by atoms with E-state index in [-0.39, 0.29) is 29.7 Å². The van der Waals surface area contributed by atoms with Gasteiger partial charge < -0.3 is 20.5 Å². The van der Waals surface area contributed by atoms with Gasteiger partial charge in [0.2, 0.25) is 12.7 Å². The Labute approximate surface area is 185 Å². The van der Waals surface area contributed by atoms with Gasteiger partial charge in [0.15, 0.2) is 5.17 Å². The minimum absolute atomic E-state index is 0.0245. The molecule has 1 fully saturated rings. The Morgan fingerprint density at radius 2 is 2.19 bits per heavy atom. The number of fused-ring (bicyclic) bond motifs is 1. The Hall–Kier alpha value is -2.86. The molecular weight excluding hydrogens is 447 g/mol. The van der Waals surface area contributed by atoms with Crippen molar-refractivity contribution in [1.82, 2.24) is 9.97 Å². The highest BCUT2D eigenvalue weighted by molar-refractivity contribution is 8.13. The third-order valence-electron chi connectivity index (χ3n) is 5.43. The molecule has 3 heterocycles. The number of anilines is 1. The van der Waals surface area contributed by atoms with E-state index in [4.69, 9.17) is 10.5 Å². The molecule has 4 rings (SSSR count). The molecule has 0 radical (unpaired) electrons. The molecule has 1 aromatic heterocycles. The number of nitrogens with zero attached hydrogens (tertiary/aromatic N) is 3. The molecule has 3 atom stereocenters. The zero-order valence-electron chi connectivity index (χ0n) is 16.8. The van der Waals surface area contributed by atoms with Crippen LogP contribution in [0.5, 0.6) is 5.88 Å². The van der Waals surface area contributed by atoms with Gasteiger partial charge in [0.25, 0.3) is 5.91 Å². The third-order valence-corrected chi connectivity index (χ3v) is 6.39. The lowest BCUT2D eigenvalue weighted by Crippen LogP contribution is -2.50. The summed E-state index contributed by atoms with van der Waals surface area (Å²) in [5, 5.41) is 2.93. The molecule has 12 heteroatoms. The van der Waals surface area contributed by atoms with Gasteiger partial charge in [-0.15, -0.1) is 0 Å². The van der Waals surface area contributed by atoms with Crippen molar-refractivity contribution in [3.63, 3.8) is 0 Å². The van der Waals surface area contributed by atoms with Gasteiger partial charge in [-0.3, -0.25) is 4.79 Å². The van der Waals surface area contributed by atoms with Crippen LogP contribution >= 0.6 is 11.8 Å². The van der Waals surface area contributed by atoms with Gasteiger partial charge in [0.1, 0.15) is 23.7 Å². The van der Waals surface area contributed by atoms with E-state index in [0.29, 0.717) is 23.0 Å². The van der Waals surface area contributed by atoms with Gasteiger partial charge in [-0.05, 0) is 24.6 Å². The Balaban J connectivity index is 1.62. The van der Waals surface area contributed by atoms with Crippen LogP contribution in [0.1, 0.15) is 22.5 Å². The number of hydrogen-bond donors (Lipinski definition) is 2. The monoisotopic (exact) mass is 467 g/mol. The standard InChI is InChI=1S/C20H20F3N5O3S/c21-5-13-3-11-8-32-19(24)28-20(11,9-30-13)14-4-12(1-2-15(14)23)27-18(29)16-6-26-17(7-25-16)31-10-22/h1-2,4,6-7,11,13H,3,5,8-10H2,(H2,24,28)(H,27,29)/t11?,13-,20+/m1/s1. The summed E-state index contributed by atoms with van der Waals surface area (Å²) in [4.78, 5) is 24.7. The maximum Gasteiger partial charge on any atom is 0.275 e. The predicted octanol–water partition coefficient (Wildman–Crippen LogP) is 2.81. The molecule has 0 aliphatic carbocycles. The second kappa shape index (κ2) is 9.33. The van der Waals surface area contributed by atoms with Crippen LogP contribution in [0.15, 0.2) is 35.6 Å². The van der Waals surface area contributed by atoms with Gasteiger partial charge in [-0.25, -0.2) is 28.1 Å². The molecule has 32 heavy (non-hydrogen) atoms. The molecule has 0 spiro atoms. The zero-order valence-corrected chi connectivity index (χ0v) is 17.6. The maximum absolute atomic E-state index is 15.0. The summed E-state index contributed by atoms with van der Waals surface area (Å²) < 4.78 is 50.5. The topological polar surface area (TPSA) is 112 Å². The second-order valence-corrected chi connectivity index (χ2v) is 8.39. The quantitative estimate of drug-likeness (QED) is 0.672. The van der Waals surface area contributed by atoms with Gasteiger partial charge in [-0.2, -0.15) is 0 Å². The first-order valence-corrected chi connectivity index (χ1v) is 10.7. The Morgan fingerprint density at radius 1 is 1.34 bits per heavy atom. The van der Waals surface area contributed by atoms with E-state index in [1.807, 2.05) is 0 Å². The molecule has 1 unspecified atom stereocenters. The molecular formula is C20H20F3N5O3S. The Bertz CT molecular complexity index is 1030. The van der Waals surface area contributed by atoms with Crippen molar-refractivity contribution in [2.24, 2.45) is 16.6 Å². The molecule has 1 aromatic carbocycles. The number of benzene rings is 1. The van der Waals surface area contributed by atoms with E-state index < -0.39 is 36.9 Å². The number of nitrogens with one attached hydrogen (secondary N) is 1. The first-order valence-electron chi connectivity index (χ1n) is 9.73. The fraction of sp³-hybridized carbons (Fsp3) is 0.400. The molecule has 0 bridgehead atoms. The number of thioether (sulfide) groups is 1. The van der Waals surface area contributed by atoms with E-state index in [1.165, 1.54) is 30.0 Å². The van der Waals surface area contributed by atoms with E-state index >= 15 is 0 Å². The average molecular weight is 467 g/mol. The summed E-state index contributed by atoms with van der Waals surface area (Å²) in [6, 6.07) is 4.09. The van der Waals surface area contributed by atoms with Crippen LogP contribution in [0.2, 0.25) is 0 Å². The molecule has 1 amide bonds. The van der Waals surface area contributed by atoms with Crippen molar-refractivity contribution < 1.29 is 27.4 Å². The van der Waals surface area contributed by atoms with Crippen molar-refractivity contribution in [2.45, 2.75) is 18.1 Å². The SMILES string of the molecule is NC1=N[C@@]2(c3cc(NC(=O)c4cnc(OCF)cn4)ccc3F)CO[C@@H](CF)CC2CS1. The Morgan fingerprint density at radius 3 is 2.91 bits per heavy atom. The predicted molar refractivity (Wildman–Crippen MR) is 113 cm³/mol. The fourth-order valence-electron chi connectivity index (χ4n) is 3.85. The molecule has 170 valence electrons. The summed E-state index contributed by atoms with van der Waals surface area (Å²) in [6.45, 7) is -1.73. The van der Waals surface area contributed by atoms with Crippen molar-refractivity contribution in [1.29, 1.82) is 0 Å². The zero-order chi connectivity index (χ0) is 22.7. The number of carbonyl (C=O) groups excluding carboxylic acids is 1. The third kappa shape index (κ3) is 4.37. The minimum Gasteiger partial charge on any atom is -0.445 e. The number of nitrogens with two attached hydrogens (primary N) is 1. The number of alkyl halides is 2. The first kappa shape index (κ1) is 22.3. The molecule has 2 aliphatic rings. The van der Waals surface area contributed by atoms with E-state index in [0.717, 1.165) is 12.4 Å². The summed E-state index contributed by atoms with van der Waals surface area (Å²) in [5.41, 5.74) is 5.30. The number of aromatic nitrogens is 2. The van der Waals surface area contributed by atoms with Crippen LogP contribution < -0.4 is 15.8 Å². The minimum atomic E-state index is -1.11. The lowest BCUT2D eigenvalue weighted by Gasteiger charge is -2.46. The highest BCUT2D eigenvalue weighted by atomic mass is 32.2. The number of rotatable bonds is 6. The van der Waals surface area contributed by atoms with Crippen molar-refractivity contribution in [2.75, 3.05) is 31.2 Å². The van der Waals surface area contributed by atoms with Crippen LogP contribution in [0.3, 0.4) is 0 Å². The van der Waals surface area contributed by atoms with Gasteiger partial charge in [0.05, 0.1) is 25.1 Å². The van der Waals surface area contributed by atoms with Crippen LogP contribution in [0.4, 0.5) is 18.9 Å². The first-order chi connectivity index (χ1) is 15.4. The lowest BCUT2D eigenvalue weighted by atomic mass is 9.75. The van der Waals surface area contributed by atoms with E-state index in [1.54, 1.807) is 0 Å². The summed E-state index contributed by atoms with van der Waals surface area (Å²) in [7, 11) is 0. The average Bonchev–Trinajstić information content (AvgIpc) is 2.80. The largest absolute Gasteiger partial charge is 0.445 e. The number of halogens is 3. The number of amides is 1. The molecule has 2 aliphatic heterocycles. The van der Waals surface area contributed by atoms with E-state index in [2.05, 4.69) is 25.0 Å². The number of hydrogen-bond acceptors (Lipinski definition) is 8. The van der Waals surface area contributed by atoms with Crippen molar-refractivity contribution in [3.05, 3.63) is 47.7 Å². The van der Waals surface area contributed by atoms with Crippen LogP contribution in [0, 0.1) is 11.7 Å². The number of amidine groups is 1. The van der Waals surface area contributed by atoms with Crippen LogP contribution in [-0.2, 0) is 10.3 Å². The number of carbonyl (C=O) groups is 1. The summed E-state index contributed by atoms with van der Waals surface area (Å²) in [5.74, 6) is -0.841. The smallest absolute Gasteiger partial charge is 0.275 e. The van der Waals surface area contributed by atoms with Crippen molar-refractivity contribution in [3.8, 4) is 5.88 Å². The van der Waals surface area contributed by atoms with Crippen molar-refractivity contribution >= 4 is 28.5 Å². The fourth-order valence-corrected chi connectivity index (χ4v) is 4.86. The lowest BCUT2D eigenvalue weighted by molar-refractivity contribution is -0.0652. The maximum atomic E-state index is 15.0.